The predicted octanol–water partition coefficient (Wildman–Crippen LogP) is 2.84. The van der Waals surface area contributed by atoms with Crippen molar-refractivity contribution in [3.63, 3.8) is 0 Å². The van der Waals surface area contributed by atoms with Gasteiger partial charge in [0.05, 0.1) is 5.92 Å². The maximum Gasteiger partial charge on any atom is 0.294 e. The van der Waals surface area contributed by atoms with Crippen LogP contribution in [0.4, 0.5) is 0 Å². The van der Waals surface area contributed by atoms with Gasteiger partial charge >= 0.3 is 0 Å². The first-order valence-electron chi connectivity index (χ1n) is 6.17. The zero-order chi connectivity index (χ0) is 14.1. The van der Waals surface area contributed by atoms with Gasteiger partial charge in [0.15, 0.2) is 16.6 Å². The van der Waals surface area contributed by atoms with Crippen molar-refractivity contribution in [3.05, 3.63) is 59.7 Å². The lowest BCUT2D eigenvalue weighted by Crippen LogP contribution is -2.33. The summed E-state index contributed by atoms with van der Waals surface area (Å²) in [6, 6.07) is 16.2. The fourth-order valence-corrected chi connectivity index (χ4v) is 3.19. The Balaban J connectivity index is 2.17. The van der Waals surface area contributed by atoms with Gasteiger partial charge < -0.3 is 4.74 Å². The standard InChI is InChI=1S/C15H11ClNO2Si/c16-17(20)15(19-9-18)14-12-7-3-1-5-10(12)11-6-2-4-8-13(11)14/h1-9,14-15H. The smallest absolute Gasteiger partial charge is 0.294 e. The monoisotopic (exact) mass is 300 g/mol. The number of fused-ring (bicyclic) bond motifs is 3. The summed E-state index contributed by atoms with van der Waals surface area (Å²) in [5.74, 6) is -0.123. The third-order valence-corrected chi connectivity index (χ3v) is 4.03. The number of nitrogens with zero attached hydrogens (tertiary/aromatic N) is 1. The van der Waals surface area contributed by atoms with Crippen LogP contribution in [0.3, 0.4) is 0 Å². The average Bonchev–Trinajstić information content (AvgIpc) is 2.79. The molecule has 0 aliphatic heterocycles. The Bertz CT molecular complexity index is 602. The lowest BCUT2D eigenvalue weighted by Gasteiger charge is -2.27. The third kappa shape index (κ3) is 2.06. The average molecular weight is 301 g/mol. The van der Waals surface area contributed by atoms with Crippen LogP contribution < -0.4 is 0 Å². The summed E-state index contributed by atoms with van der Waals surface area (Å²) in [5.41, 5.74) is 4.50. The molecular formula is C15H11ClNO2Si. The van der Waals surface area contributed by atoms with Crippen LogP contribution in [0.2, 0.25) is 0 Å². The van der Waals surface area contributed by atoms with E-state index in [-0.39, 0.29) is 5.92 Å². The molecule has 0 spiro atoms. The molecule has 5 heteroatoms. The molecule has 2 aromatic rings. The lowest BCUT2D eigenvalue weighted by atomic mass is 9.95. The second kappa shape index (κ2) is 5.40. The number of hydrogen-bond acceptors (Lipinski definition) is 3. The molecular weight excluding hydrogens is 290 g/mol. The van der Waals surface area contributed by atoms with Crippen LogP contribution in [-0.4, -0.2) is 27.2 Å². The summed E-state index contributed by atoms with van der Waals surface area (Å²) in [5, 5.41) is 0. The normalized spacial score (nSPS) is 14.8. The zero-order valence-corrected chi connectivity index (χ0v) is 12.2. The largest absolute Gasteiger partial charge is 0.447 e. The quantitative estimate of drug-likeness (QED) is 0.376. The molecule has 1 aliphatic rings. The summed E-state index contributed by atoms with van der Waals surface area (Å²) in [6.45, 7) is 0.420. The van der Waals surface area contributed by atoms with E-state index < -0.39 is 6.23 Å². The first-order chi connectivity index (χ1) is 9.74. The Labute approximate surface area is 125 Å². The molecule has 3 rings (SSSR count). The number of rotatable bonds is 4. The zero-order valence-electron chi connectivity index (χ0n) is 10.5. The predicted molar refractivity (Wildman–Crippen MR) is 78.1 cm³/mol. The molecule has 0 saturated carbocycles. The van der Waals surface area contributed by atoms with E-state index in [4.69, 9.17) is 16.5 Å². The summed E-state index contributed by atoms with van der Waals surface area (Å²) >= 11 is 6.00. The highest BCUT2D eigenvalue weighted by Crippen LogP contribution is 2.47. The Kier molecular flexibility index (Phi) is 3.61. The number of benzene rings is 2. The Hall–Kier alpha value is -1.62. The van der Waals surface area contributed by atoms with Crippen molar-refractivity contribution in [1.82, 2.24) is 4.08 Å². The molecule has 99 valence electrons. The third-order valence-electron chi connectivity index (χ3n) is 3.59. The first kappa shape index (κ1) is 13.4. The van der Waals surface area contributed by atoms with Crippen LogP contribution in [0.5, 0.6) is 0 Å². The van der Waals surface area contributed by atoms with Crippen molar-refractivity contribution in [2.24, 2.45) is 0 Å². The molecule has 1 atom stereocenters. The van der Waals surface area contributed by atoms with Crippen molar-refractivity contribution in [2.75, 3.05) is 0 Å². The van der Waals surface area contributed by atoms with Gasteiger partial charge in [-0.25, -0.2) is 4.08 Å². The van der Waals surface area contributed by atoms with Gasteiger partial charge in [0.2, 0.25) is 0 Å². The molecule has 0 amide bonds. The van der Waals surface area contributed by atoms with Gasteiger partial charge in [0, 0.05) is 0 Å². The highest BCUT2D eigenvalue weighted by molar-refractivity contribution is 6.30. The minimum Gasteiger partial charge on any atom is -0.447 e. The van der Waals surface area contributed by atoms with E-state index in [2.05, 4.69) is 22.5 Å². The van der Waals surface area contributed by atoms with Crippen LogP contribution >= 0.6 is 11.8 Å². The van der Waals surface area contributed by atoms with Crippen LogP contribution in [0.25, 0.3) is 11.1 Å². The molecule has 0 bridgehead atoms. The van der Waals surface area contributed by atoms with Crippen LogP contribution in [0, 0.1) is 0 Å². The Morgan fingerprint density at radius 1 is 1.10 bits per heavy atom. The molecule has 2 aromatic carbocycles. The fourth-order valence-electron chi connectivity index (χ4n) is 2.82. The molecule has 0 saturated heterocycles. The van der Waals surface area contributed by atoms with Crippen LogP contribution in [-0.2, 0) is 9.53 Å². The van der Waals surface area contributed by atoms with E-state index in [9.17, 15) is 4.79 Å². The molecule has 0 fully saturated rings. The molecule has 0 heterocycles. The van der Waals surface area contributed by atoms with Gasteiger partial charge in [-0.2, -0.15) is 0 Å². The molecule has 1 aliphatic carbocycles. The summed E-state index contributed by atoms with van der Waals surface area (Å²) in [6.07, 6.45) is -0.615. The number of carbonyl (C=O) groups excluding carboxylic acids is 1. The highest BCUT2D eigenvalue weighted by atomic mass is 35.5. The number of carbonyl (C=O) groups is 1. The molecule has 0 N–H and O–H groups in total. The van der Waals surface area contributed by atoms with Gasteiger partial charge in [0.25, 0.3) is 6.47 Å². The topological polar surface area (TPSA) is 29.5 Å². The summed E-state index contributed by atoms with van der Waals surface area (Å²) in [7, 11) is 3.23. The van der Waals surface area contributed by atoms with Crippen LogP contribution in [0.1, 0.15) is 17.0 Å². The summed E-state index contributed by atoms with van der Waals surface area (Å²) in [4.78, 5) is 10.8. The number of hydrogen-bond donors (Lipinski definition) is 0. The molecule has 20 heavy (non-hydrogen) atoms. The number of halogens is 1. The second-order valence-electron chi connectivity index (χ2n) is 4.59. The van der Waals surface area contributed by atoms with E-state index in [1.54, 1.807) is 0 Å². The Morgan fingerprint density at radius 2 is 1.60 bits per heavy atom. The van der Waals surface area contributed by atoms with Crippen LogP contribution in [0.15, 0.2) is 48.5 Å². The van der Waals surface area contributed by atoms with Crippen molar-refractivity contribution in [2.45, 2.75) is 12.1 Å². The van der Waals surface area contributed by atoms with Gasteiger partial charge in [-0.3, -0.25) is 4.79 Å². The van der Waals surface area contributed by atoms with Gasteiger partial charge in [-0.1, -0.05) is 48.5 Å². The van der Waals surface area contributed by atoms with Gasteiger partial charge in [-0.05, 0) is 34.0 Å². The fraction of sp³-hybridized carbons (Fsp3) is 0.133. The van der Waals surface area contributed by atoms with E-state index in [0.717, 1.165) is 22.3 Å². The van der Waals surface area contributed by atoms with E-state index >= 15 is 0 Å². The maximum atomic E-state index is 10.8. The molecule has 3 nitrogen and oxygen atoms in total. The highest BCUT2D eigenvalue weighted by Gasteiger charge is 2.37. The SMILES string of the molecule is O=COC(C1c2ccccc2-c2ccccc21)N([Si])Cl. The Morgan fingerprint density at radius 3 is 2.05 bits per heavy atom. The maximum absolute atomic E-state index is 10.8. The van der Waals surface area contributed by atoms with Crippen molar-refractivity contribution in [3.8, 4) is 11.1 Å². The minimum absolute atomic E-state index is 0.123. The van der Waals surface area contributed by atoms with Gasteiger partial charge in [-0.15, -0.1) is 0 Å². The molecule has 1 unspecified atom stereocenters. The molecule has 3 radical (unpaired) electrons. The van der Waals surface area contributed by atoms with Crippen molar-refractivity contribution in [1.29, 1.82) is 0 Å². The van der Waals surface area contributed by atoms with E-state index in [1.165, 1.54) is 4.08 Å². The first-order valence-corrected chi connectivity index (χ1v) is 6.96. The minimum atomic E-state index is -0.615. The lowest BCUT2D eigenvalue weighted by molar-refractivity contribution is -0.137. The number of ether oxygens (including phenoxy) is 1. The van der Waals surface area contributed by atoms with E-state index in [0.29, 0.717) is 6.47 Å². The van der Waals surface area contributed by atoms with Crippen molar-refractivity contribution < 1.29 is 9.53 Å². The van der Waals surface area contributed by atoms with Crippen molar-refractivity contribution >= 4 is 28.7 Å². The van der Waals surface area contributed by atoms with Gasteiger partial charge in [0.1, 0.15) is 0 Å². The van der Waals surface area contributed by atoms with E-state index in [1.807, 2.05) is 36.4 Å². The summed E-state index contributed by atoms with van der Waals surface area (Å²) < 4.78 is 6.39. The molecule has 0 aromatic heterocycles. The second-order valence-corrected chi connectivity index (χ2v) is 5.72.